The Hall–Kier alpha value is -3.72. The van der Waals surface area contributed by atoms with Crippen LogP contribution in [0, 0.1) is 5.92 Å². The van der Waals surface area contributed by atoms with E-state index < -0.39 is 35.5 Å². The zero-order chi connectivity index (χ0) is 29.4. The van der Waals surface area contributed by atoms with Gasteiger partial charge in [-0.1, -0.05) is 61.7 Å². The Balaban J connectivity index is 1.49. The summed E-state index contributed by atoms with van der Waals surface area (Å²) < 4.78 is 10.6. The molecule has 2 aromatic rings. The van der Waals surface area contributed by atoms with Crippen molar-refractivity contribution in [2.24, 2.45) is 5.92 Å². The summed E-state index contributed by atoms with van der Waals surface area (Å²) in [7, 11) is 1.57. The first-order valence-electron chi connectivity index (χ1n) is 14.4. The molecule has 0 aromatic heterocycles. The van der Waals surface area contributed by atoms with Crippen molar-refractivity contribution in [2.75, 3.05) is 13.7 Å². The molecule has 2 aliphatic rings. The van der Waals surface area contributed by atoms with Gasteiger partial charge >= 0.3 is 0 Å². The van der Waals surface area contributed by atoms with Crippen LogP contribution in [0.25, 0.3) is 0 Å². The Kier molecular flexibility index (Phi) is 10.2. The van der Waals surface area contributed by atoms with E-state index >= 15 is 0 Å². The summed E-state index contributed by atoms with van der Waals surface area (Å²) >= 11 is 0. The standard InChI is InChI=1S/C32H41N3O6/c1-21(33-30(38)24-12-8-5-9-13-24)29(37)35-27(19-23-14-16-25(40-3)17-15-23)31(39)34-26(28(36)32(2)20-41-32)18-22-10-6-4-7-11-22/h4,6-7,10-11,14-17,21,24,26-27H,5,8-9,12-13,18-20H2,1-3H3,(H,33,38)(H,34,39)(H,35,37). The van der Waals surface area contributed by atoms with Crippen LogP contribution < -0.4 is 20.7 Å². The van der Waals surface area contributed by atoms with Crippen LogP contribution >= 0.6 is 0 Å². The summed E-state index contributed by atoms with van der Waals surface area (Å²) in [6, 6.07) is 14.0. The summed E-state index contributed by atoms with van der Waals surface area (Å²) in [5.41, 5.74) is 0.762. The number of ketones is 1. The lowest BCUT2D eigenvalue weighted by Gasteiger charge is -2.26. The first-order valence-corrected chi connectivity index (χ1v) is 14.4. The second kappa shape index (κ2) is 13.8. The highest BCUT2D eigenvalue weighted by molar-refractivity contribution is 5.98. The molecule has 9 heteroatoms. The summed E-state index contributed by atoms with van der Waals surface area (Å²) in [6.07, 6.45) is 5.27. The number of hydrogen-bond donors (Lipinski definition) is 3. The molecule has 4 atom stereocenters. The van der Waals surface area contributed by atoms with E-state index in [1.54, 1.807) is 33.1 Å². The molecule has 4 unspecified atom stereocenters. The van der Waals surface area contributed by atoms with E-state index in [0.29, 0.717) is 18.8 Å². The van der Waals surface area contributed by atoms with Crippen LogP contribution in [0.2, 0.25) is 0 Å². The van der Waals surface area contributed by atoms with Crippen molar-refractivity contribution in [2.45, 2.75) is 82.5 Å². The third-order valence-electron chi connectivity index (χ3n) is 7.97. The van der Waals surface area contributed by atoms with Gasteiger partial charge in [-0.25, -0.2) is 0 Å². The molecular formula is C32H41N3O6. The minimum Gasteiger partial charge on any atom is -0.497 e. The maximum Gasteiger partial charge on any atom is 0.243 e. The van der Waals surface area contributed by atoms with E-state index in [-0.39, 0.29) is 24.0 Å². The fraction of sp³-hybridized carbons (Fsp3) is 0.500. The number of carbonyl (C=O) groups is 4. The number of methoxy groups -OCH3 is 1. The molecule has 4 rings (SSSR count). The Bertz CT molecular complexity index is 1210. The molecule has 3 N–H and O–H groups in total. The van der Waals surface area contributed by atoms with Crippen LogP contribution in [-0.2, 0) is 36.8 Å². The van der Waals surface area contributed by atoms with Gasteiger partial charge in [0.1, 0.15) is 23.4 Å². The molecule has 1 saturated carbocycles. The quantitative estimate of drug-likeness (QED) is 0.322. The van der Waals surface area contributed by atoms with Crippen molar-refractivity contribution >= 4 is 23.5 Å². The van der Waals surface area contributed by atoms with E-state index in [2.05, 4.69) is 16.0 Å². The number of benzene rings is 2. The molecule has 1 saturated heterocycles. The number of rotatable bonds is 13. The zero-order valence-electron chi connectivity index (χ0n) is 24.1. The minimum atomic E-state index is -0.982. The Labute approximate surface area is 241 Å². The van der Waals surface area contributed by atoms with Crippen LogP contribution in [0.4, 0.5) is 0 Å². The number of epoxide rings is 1. The molecule has 9 nitrogen and oxygen atoms in total. The van der Waals surface area contributed by atoms with Crippen molar-refractivity contribution < 1.29 is 28.7 Å². The molecule has 0 radical (unpaired) electrons. The molecule has 0 bridgehead atoms. The summed E-state index contributed by atoms with van der Waals surface area (Å²) in [6.45, 7) is 3.63. The second-order valence-electron chi connectivity index (χ2n) is 11.3. The molecule has 1 heterocycles. The van der Waals surface area contributed by atoms with E-state index in [1.165, 1.54) is 0 Å². The van der Waals surface area contributed by atoms with Gasteiger partial charge in [0.2, 0.25) is 17.7 Å². The molecule has 41 heavy (non-hydrogen) atoms. The van der Waals surface area contributed by atoms with Gasteiger partial charge < -0.3 is 25.4 Å². The van der Waals surface area contributed by atoms with E-state index in [0.717, 1.165) is 43.2 Å². The lowest BCUT2D eigenvalue weighted by molar-refractivity contribution is -0.134. The fourth-order valence-corrected chi connectivity index (χ4v) is 5.22. The molecule has 0 spiro atoms. The molecule has 1 aliphatic carbocycles. The lowest BCUT2D eigenvalue weighted by Crippen LogP contribution is -2.57. The molecular weight excluding hydrogens is 522 g/mol. The number of Topliss-reactive ketones (excluding diaryl/α,β-unsaturated/α-hetero) is 1. The minimum absolute atomic E-state index is 0.0897. The molecule has 1 aliphatic heterocycles. The van der Waals surface area contributed by atoms with Gasteiger partial charge in [-0.3, -0.25) is 19.2 Å². The summed E-state index contributed by atoms with van der Waals surface area (Å²) in [5, 5.41) is 8.54. The van der Waals surface area contributed by atoms with Crippen LogP contribution in [0.5, 0.6) is 5.75 Å². The maximum atomic E-state index is 13.7. The predicted molar refractivity (Wildman–Crippen MR) is 154 cm³/mol. The first kappa shape index (κ1) is 30.2. The van der Waals surface area contributed by atoms with Gasteiger partial charge in [-0.15, -0.1) is 0 Å². The molecule has 2 fully saturated rings. The zero-order valence-corrected chi connectivity index (χ0v) is 24.1. The number of amides is 3. The van der Waals surface area contributed by atoms with E-state index in [1.807, 2.05) is 42.5 Å². The van der Waals surface area contributed by atoms with Gasteiger partial charge in [0.15, 0.2) is 5.78 Å². The van der Waals surface area contributed by atoms with Crippen molar-refractivity contribution in [1.82, 2.24) is 16.0 Å². The van der Waals surface area contributed by atoms with Crippen molar-refractivity contribution in [3.05, 3.63) is 65.7 Å². The van der Waals surface area contributed by atoms with Crippen molar-refractivity contribution in [1.29, 1.82) is 0 Å². The van der Waals surface area contributed by atoms with E-state index in [4.69, 9.17) is 9.47 Å². The normalized spacial score (nSPS) is 20.7. The first-order chi connectivity index (χ1) is 19.7. The molecule has 220 valence electrons. The highest BCUT2D eigenvalue weighted by Gasteiger charge is 2.50. The van der Waals surface area contributed by atoms with Gasteiger partial charge in [0.05, 0.1) is 19.8 Å². The lowest BCUT2D eigenvalue weighted by atomic mass is 9.88. The largest absolute Gasteiger partial charge is 0.497 e. The van der Waals surface area contributed by atoms with Crippen molar-refractivity contribution in [3.63, 3.8) is 0 Å². The molecule has 2 aromatic carbocycles. The smallest absolute Gasteiger partial charge is 0.243 e. The monoisotopic (exact) mass is 563 g/mol. The Morgan fingerprint density at radius 1 is 0.854 bits per heavy atom. The number of nitrogens with one attached hydrogen (secondary N) is 3. The fourth-order valence-electron chi connectivity index (χ4n) is 5.22. The Morgan fingerprint density at radius 3 is 2.05 bits per heavy atom. The third-order valence-corrected chi connectivity index (χ3v) is 7.97. The highest BCUT2D eigenvalue weighted by atomic mass is 16.6. The van der Waals surface area contributed by atoms with Gasteiger partial charge in [-0.05, 0) is 56.4 Å². The number of carbonyl (C=O) groups excluding carboxylic acids is 4. The number of hydrogen-bond acceptors (Lipinski definition) is 6. The SMILES string of the molecule is COc1ccc(CC(NC(=O)C(C)NC(=O)C2CCCCC2)C(=O)NC(Cc2ccccc2)C(=O)C2(C)CO2)cc1. The van der Waals surface area contributed by atoms with Gasteiger partial charge in [0, 0.05) is 12.3 Å². The maximum absolute atomic E-state index is 13.7. The third kappa shape index (κ3) is 8.39. The van der Waals surface area contributed by atoms with Crippen LogP contribution in [-0.4, -0.2) is 60.9 Å². The van der Waals surface area contributed by atoms with E-state index in [9.17, 15) is 19.2 Å². The summed E-state index contributed by atoms with van der Waals surface area (Å²) in [4.78, 5) is 53.0. The van der Waals surface area contributed by atoms with Gasteiger partial charge in [-0.2, -0.15) is 0 Å². The predicted octanol–water partition coefficient (Wildman–Crippen LogP) is 2.89. The van der Waals surface area contributed by atoms with Gasteiger partial charge in [0.25, 0.3) is 0 Å². The van der Waals surface area contributed by atoms with Crippen LogP contribution in [0.1, 0.15) is 57.1 Å². The van der Waals surface area contributed by atoms with Crippen LogP contribution in [0.3, 0.4) is 0 Å². The summed E-state index contributed by atoms with van der Waals surface area (Å²) in [5.74, 6) is -0.714. The van der Waals surface area contributed by atoms with Crippen molar-refractivity contribution in [3.8, 4) is 5.75 Å². The van der Waals surface area contributed by atoms with Crippen LogP contribution in [0.15, 0.2) is 54.6 Å². The Morgan fingerprint density at radius 2 is 1.44 bits per heavy atom. The molecule has 3 amide bonds. The topological polar surface area (TPSA) is 126 Å². The average Bonchev–Trinajstić information content (AvgIpc) is 3.75. The average molecular weight is 564 g/mol. The second-order valence-corrected chi connectivity index (χ2v) is 11.3. The number of ether oxygens (including phenoxy) is 2. The highest BCUT2D eigenvalue weighted by Crippen LogP contribution is 2.29.